The van der Waals surface area contributed by atoms with Crippen molar-refractivity contribution in [2.24, 2.45) is 5.92 Å². The van der Waals surface area contributed by atoms with Crippen LogP contribution >= 0.6 is 0 Å². The Morgan fingerprint density at radius 2 is 1.96 bits per heavy atom. The number of aromatic nitrogens is 2. The Morgan fingerprint density at radius 3 is 2.50 bits per heavy atom. The van der Waals surface area contributed by atoms with Gasteiger partial charge in [-0.15, -0.1) is 0 Å². The molecule has 6 nitrogen and oxygen atoms in total. The summed E-state index contributed by atoms with van der Waals surface area (Å²) in [6, 6.07) is 9.49. The molecule has 2 heterocycles. The van der Waals surface area contributed by atoms with Gasteiger partial charge in [0.2, 0.25) is 0 Å². The minimum absolute atomic E-state index is 0.101. The van der Waals surface area contributed by atoms with E-state index in [1.54, 1.807) is 17.0 Å². The first-order valence-electron chi connectivity index (χ1n) is 8.06. The third-order valence-electron chi connectivity index (χ3n) is 4.46. The average molecular weight is 327 g/mol. The maximum atomic E-state index is 12.5. The molecular formula is C18H21N3O3. The molecule has 24 heavy (non-hydrogen) atoms. The maximum Gasteiger partial charge on any atom is 0.308 e. The van der Waals surface area contributed by atoms with Crippen LogP contribution in [-0.4, -0.2) is 44.8 Å². The molecule has 1 aliphatic rings. The number of carboxylic acids is 1. The standard InChI is InChI=1S/C18H21N3O3/c1-12-9-13(2)21(19-12)10-14-3-5-15(6-4-14)17(22)20-8-7-16(11-20)18(23)24/h3-6,9,16H,7-8,10-11H2,1-2H3,(H,23,24)/t16-/m0/s1. The monoisotopic (exact) mass is 327 g/mol. The predicted molar refractivity (Wildman–Crippen MR) is 88.9 cm³/mol. The molecule has 1 saturated heterocycles. The van der Waals surface area contributed by atoms with Crippen LogP contribution in [0.2, 0.25) is 0 Å². The Morgan fingerprint density at radius 1 is 1.25 bits per heavy atom. The molecule has 6 heteroatoms. The van der Waals surface area contributed by atoms with Crippen LogP contribution in [0.4, 0.5) is 0 Å². The van der Waals surface area contributed by atoms with E-state index in [0.717, 1.165) is 17.0 Å². The highest BCUT2D eigenvalue weighted by molar-refractivity contribution is 5.94. The summed E-state index contributed by atoms with van der Waals surface area (Å²) in [4.78, 5) is 25.1. The number of amides is 1. The lowest BCUT2D eigenvalue weighted by Gasteiger charge is -2.16. The van der Waals surface area contributed by atoms with Crippen molar-refractivity contribution in [2.75, 3.05) is 13.1 Å². The maximum absolute atomic E-state index is 12.5. The van der Waals surface area contributed by atoms with Gasteiger partial charge < -0.3 is 10.0 Å². The summed E-state index contributed by atoms with van der Waals surface area (Å²) in [7, 11) is 0. The van der Waals surface area contributed by atoms with Crippen molar-refractivity contribution in [1.29, 1.82) is 0 Å². The number of carbonyl (C=O) groups is 2. The largest absolute Gasteiger partial charge is 0.481 e. The van der Waals surface area contributed by atoms with E-state index in [0.29, 0.717) is 31.6 Å². The van der Waals surface area contributed by atoms with E-state index in [4.69, 9.17) is 5.11 Å². The Bertz CT molecular complexity index is 764. The molecule has 3 rings (SSSR count). The highest BCUT2D eigenvalue weighted by Crippen LogP contribution is 2.19. The minimum atomic E-state index is -0.828. The van der Waals surface area contributed by atoms with Gasteiger partial charge in [0, 0.05) is 24.3 Å². The number of nitrogens with zero attached hydrogens (tertiary/aromatic N) is 3. The molecule has 126 valence electrons. The molecule has 1 fully saturated rings. The molecule has 1 N–H and O–H groups in total. The smallest absolute Gasteiger partial charge is 0.308 e. The number of carbonyl (C=O) groups excluding carboxylic acids is 1. The number of rotatable bonds is 4. The van der Waals surface area contributed by atoms with Crippen molar-refractivity contribution in [3.8, 4) is 0 Å². The minimum Gasteiger partial charge on any atom is -0.481 e. The molecule has 1 aliphatic heterocycles. The third-order valence-corrected chi connectivity index (χ3v) is 4.46. The molecule has 0 bridgehead atoms. The number of likely N-dealkylation sites (tertiary alicyclic amines) is 1. The van der Waals surface area contributed by atoms with E-state index >= 15 is 0 Å². The Hall–Kier alpha value is -2.63. The van der Waals surface area contributed by atoms with Crippen molar-refractivity contribution >= 4 is 11.9 Å². The molecule has 1 aromatic heterocycles. The fourth-order valence-electron chi connectivity index (χ4n) is 3.09. The summed E-state index contributed by atoms with van der Waals surface area (Å²) >= 11 is 0. The van der Waals surface area contributed by atoms with Crippen LogP contribution in [0.3, 0.4) is 0 Å². The molecule has 0 unspecified atom stereocenters. The zero-order valence-corrected chi connectivity index (χ0v) is 13.9. The lowest BCUT2D eigenvalue weighted by atomic mass is 10.1. The SMILES string of the molecule is Cc1cc(C)n(Cc2ccc(C(=O)N3CC[C@H](C(=O)O)C3)cc2)n1. The Labute approximate surface area is 140 Å². The van der Waals surface area contributed by atoms with Gasteiger partial charge in [0.05, 0.1) is 18.2 Å². The van der Waals surface area contributed by atoms with Crippen LogP contribution in [0, 0.1) is 19.8 Å². The van der Waals surface area contributed by atoms with Crippen molar-refractivity contribution in [3.05, 3.63) is 52.8 Å². The fourth-order valence-corrected chi connectivity index (χ4v) is 3.09. The number of aliphatic carboxylic acids is 1. The van der Waals surface area contributed by atoms with Crippen LogP contribution in [0.1, 0.15) is 33.7 Å². The van der Waals surface area contributed by atoms with E-state index in [1.807, 2.05) is 36.7 Å². The lowest BCUT2D eigenvalue weighted by molar-refractivity contribution is -0.141. The second-order valence-electron chi connectivity index (χ2n) is 6.36. The molecule has 1 aromatic carbocycles. The summed E-state index contributed by atoms with van der Waals surface area (Å²) in [5, 5.41) is 13.5. The van der Waals surface area contributed by atoms with E-state index < -0.39 is 11.9 Å². The van der Waals surface area contributed by atoms with Gasteiger partial charge in [0.25, 0.3) is 5.91 Å². The van der Waals surface area contributed by atoms with Gasteiger partial charge in [0.15, 0.2) is 0 Å². The van der Waals surface area contributed by atoms with Gasteiger partial charge in [-0.2, -0.15) is 5.10 Å². The van der Waals surface area contributed by atoms with E-state index in [-0.39, 0.29) is 5.91 Å². The summed E-state index contributed by atoms with van der Waals surface area (Å²) < 4.78 is 1.93. The van der Waals surface area contributed by atoms with Crippen molar-refractivity contribution in [1.82, 2.24) is 14.7 Å². The Balaban J connectivity index is 1.67. The second-order valence-corrected chi connectivity index (χ2v) is 6.36. The molecule has 2 aromatic rings. The van der Waals surface area contributed by atoms with Crippen molar-refractivity contribution in [3.63, 3.8) is 0 Å². The Kier molecular flexibility index (Phi) is 4.38. The quantitative estimate of drug-likeness (QED) is 0.933. The second kappa shape index (κ2) is 6.47. The van der Waals surface area contributed by atoms with Crippen molar-refractivity contribution < 1.29 is 14.7 Å². The van der Waals surface area contributed by atoms with Gasteiger partial charge >= 0.3 is 5.97 Å². The molecule has 0 aliphatic carbocycles. The summed E-state index contributed by atoms with van der Waals surface area (Å²) in [6.07, 6.45) is 0.525. The van der Waals surface area contributed by atoms with Crippen LogP contribution in [0.25, 0.3) is 0 Å². The summed E-state index contributed by atoms with van der Waals surface area (Å²) in [6.45, 7) is 5.44. The van der Waals surface area contributed by atoms with Crippen LogP contribution < -0.4 is 0 Å². The number of aryl methyl sites for hydroxylation is 2. The van der Waals surface area contributed by atoms with Gasteiger partial charge in [-0.25, -0.2) is 0 Å². The molecule has 1 atom stereocenters. The van der Waals surface area contributed by atoms with Crippen LogP contribution in [-0.2, 0) is 11.3 Å². The van der Waals surface area contributed by atoms with E-state index in [9.17, 15) is 9.59 Å². The fraction of sp³-hybridized carbons (Fsp3) is 0.389. The summed E-state index contributed by atoms with van der Waals surface area (Å²) in [5.41, 5.74) is 3.76. The third kappa shape index (κ3) is 3.32. The van der Waals surface area contributed by atoms with Gasteiger partial charge in [-0.1, -0.05) is 12.1 Å². The van der Waals surface area contributed by atoms with E-state index in [1.165, 1.54) is 0 Å². The normalized spacial score (nSPS) is 17.2. The van der Waals surface area contributed by atoms with E-state index in [2.05, 4.69) is 5.10 Å². The first-order valence-corrected chi connectivity index (χ1v) is 8.06. The number of hydrogen-bond donors (Lipinski definition) is 1. The number of hydrogen-bond acceptors (Lipinski definition) is 3. The molecule has 0 saturated carbocycles. The van der Waals surface area contributed by atoms with Crippen LogP contribution in [0.5, 0.6) is 0 Å². The highest BCUT2D eigenvalue weighted by atomic mass is 16.4. The highest BCUT2D eigenvalue weighted by Gasteiger charge is 2.31. The van der Waals surface area contributed by atoms with Gasteiger partial charge in [0.1, 0.15) is 0 Å². The molecular weight excluding hydrogens is 306 g/mol. The zero-order chi connectivity index (χ0) is 17.3. The topological polar surface area (TPSA) is 75.4 Å². The van der Waals surface area contributed by atoms with Gasteiger partial charge in [-0.3, -0.25) is 14.3 Å². The molecule has 1 amide bonds. The zero-order valence-electron chi connectivity index (χ0n) is 13.9. The molecule has 0 radical (unpaired) electrons. The first-order chi connectivity index (χ1) is 11.4. The first kappa shape index (κ1) is 16.2. The summed E-state index contributed by atoms with van der Waals surface area (Å²) in [5.74, 6) is -1.37. The lowest BCUT2D eigenvalue weighted by Crippen LogP contribution is -2.29. The van der Waals surface area contributed by atoms with Gasteiger partial charge in [-0.05, 0) is 44.0 Å². The average Bonchev–Trinajstić information content (AvgIpc) is 3.15. The number of benzene rings is 1. The van der Waals surface area contributed by atoms with Crippen LogP contribution in [0.15, 0.2) is 30.3 Å². The molecule has 0 spiro atoms. The number of carboxylic acid groups (broad SMARTS) is 1. The predicted octanol–water partition coefficient (Wildman–Crippen LogP) is 2.09. The van der Waals surface area contributed by atoms with Crippen molar-refractivity contribution in [2.45, 2.75) is 26.8 Å².